The first-order valence-corrected chi connectivity index (χ1v) is 7.89. The van der Waals surface area contributed by atoms with Gasteiger partial charge in [-0.25, -0.2) is 0 Å². The fraction of sp³-hybridized carbons (Fsp3) is 0.353. The van der Waals surface area contributed by atoms with Crippen molar-refractivity contribution in [1.82, 2.24) is 9.88 Å². The predicted octanol–water partition coefficient (Wildman–Crippen LogP) is 3.32. The third-order valence-corrected chi connectivity index (χ3v) is 3.80. The zero-order valence-corrected chi connectivity index (χ0v) is 13.8. The maximum Gasteiger partial charge on any atom is 0.267 e. The van der Waals surface area contributed by atoms with E-state index >= 15 is 0 Å². The number of carbonyl (C=O) groups excluding carboxylic acids is 1. The van der Waals surface area contributed by atoms with Crippen LogP contribution in [0, 0.1) is 0 Å². The molecule has 0 unspecified atom stereocenters. The molecule has 0 aliphatic carbocycles. The Morgan fingerprint density at radius 3 is 2.64 bits per heavy atom. The molecule has 0 saturated heterocycles. The highest BCUT2D eigenvalue weighted by Crippen LogP contribution is 2.13. The minimum absolute atomic E-state index is 0.0860. The highest BCUT2D eigenvalue weighted by molar-refractivity contribution is 6.31. The third kappa shape index (κ3) is 4.28. The van der Waals surface area contributed by atoms with Crippen LogP contribution >= 0.6 is 11.6 Å². The number of hydrogen-bond acceptors (Lipinski definition) is 2. The van der Waals surface area contributed by atoms with Crippen molar-refractivity contribution in [1.29, 1.82) is 0 Å². The van der Waals surface area contributed by atoms with Crippen LogP contribution in [0.5, 0.6) is 0 Å². The van der Waals surface area contributed by atoms with Crippen molar-refractivity contribution in [2.75, 3.05) is 24.5 Å². The van der Waals surface area contributed by atoms with E-state index in [0.29, 0.717) is 17.3 Å². The average molecular weight is 320 g/mol. The van der Waals surface area contributed by atoms with Gasteiger partial charge in [-0.15, -0.1) is 0 Å². The Morgan fingerprint density at radius 2 is 2.05 bits per heavy atom. The number of benzene rings is 1. The van der Waals surface area contributed by atoms with Crippen molar-refractivity contribution in [2.45, 2.75) is 13.3 Å². The van der Waals surface area contributed by atoms with Gasteiger partial charge in [0.2, 0.25) is 0 Å². The topological polar surface area (TPSA) is 37.3 Å². The van der Waals surface area contributed by atoms with Gasteiger partial charge in [-0.1, -0.05) is 29.8 Å². The molecule has 4 nitrogen and oxygen atoms in total. The summed E-state index contributed by atoms with van der Waals surface area (Å²) in [4.78, 5) is 14.4. The van der Waals surface area contributed by atoms with Gasteiger partial charge in [0.05, 0.1) is 5.02 Å². The zero-order chi connectivity index (χ0) is 15.9. The number of carbonyl (C=O) groups is 1. The number of nitrogens with one attached hydrogen (secondary N) is 1. The van der Waals surface area contributed by atoms with Crippen LogP contribution < -0.4 is 10.2 Å². The quantitative estimate of drug-likeness (QED) is 0.795. The number of anilines is 1. The van der Waals surface area contributed by atoms with Crippen molar-refractivity contribution in [3.63, 3.8) is 0 Å². The number of rotatable bonds is 7. The number of para-hydroxylation sites is 1. The van der Waals surface area contributed by atoms with Gasteiger partial charge in [0.1, 0.15) is 5.69 Å². The minimum Gasteiger partial charge on any atom is -0.372 e. The van der Waals surface area contributed by atoms with E-state index in [-0.39, 0.29) is 5.91 Å². The van der Waals surface area contributed by atoms with E-state index in [0.717, 1.165) is 19.5 Å². The second kappa shape index (κ2) is 7.90. The lowest BCUT2D eigenvalue weighted by Crippen LogP contribution is -2.30. The van der Waals surface area contributed by atoms with Crippen LogP contribution in [-0.4, -0.2) is 30.1 Å². The van der Waals surface area contributed by atoms with Gasteiger partial charge >= 0.3 is 0 Å². The summed E-state index contributed by atoms with van der Waals surface area (Å²) in [6.45, 7) is 4.64. The van der Waals surface area contributed by atoms with E-state index in [2.05, 4.69) is 29.3 Å². The largest absolute Gasteiger partial charge is 0.372 e. The van der Waals surface area contributed by atoms with E-state index in [1.165, 1.54) is 5.69 Å². The molecule has 1 aromatic carbocycles. The molecule has 22 heavy (non-hydrogen) atoms. The van der Waals surface area contributed by atoms with Gasteiger partial charge in [0, 0.05) is 38.6 Å². The standard InChI is InChI=1S/C17H22ClN3O/c1-3-21(15-8-5-4-6-9-15)11-7-10-19-17(22)16-12-14(18)13-20(16)2/h4-6,8-9,12-13H,3,7,10-11H2,1-2H3,(H,19,22). The molecular formula is C17H22ClN3O. The molecule has 1 heterocycles. The van der Waals surface area contributed by atoms with Gasteiger partial charge in [-0.2, -0.15) is 0 Å². The first kappa shape index (κ1) is 16.4. The molecule has 1 N–H and O–H groups in total. The van der Waals surface area contributed by atoms with Gasteiger partial charge in [-0.3, -0.25) is 4.79 Å². The van der Waals surface area contributed by atoms with Crippen molar-refractivity contribution in [2.24, 2.45) is 7.05 Å². The lowest BCUT2D eigenvalue weighted by molar-refractivity contribution is 0.0945. The van der Waals surface area contributed by atoms with Crippen LogP contribution in [0.1, 0.15) is 23.8 Å². The molecule has 1 amide bonds. The maximum absolute atomic E-state index is 12.1. The molecule has 1 aromatic heterocycles. The summed E-state index contributed by atoms with van der Waals surface area (Å²) in [6.07, 6.45) is 2.62. The summed E-state index contributed by atoms with van der Waals surface area (Å²) >= 11 is 5.89. The summed E-state index contributed by atoms with van der Waals surface area (Å²) in [7, 11) is 1.81. The fourth-order valence-corrected chi connectivity index (χ4v) is 2.67. The number of aromatic nitrogens is 1. The first-order chi connectivity index (χ1) is 10.6. The number of hydrogen-bond donors (Lipinski definition) is 1. The van der Waals surface area contributed by atoms with Gasteiger partial charge in [0.25, 0.3) is 5.91 Å². The first-order valence-electron chi connectivity index (χ1n) is 7.52. The van der Waals surface area contributed by atoms with E-state index in [1.807, 2.05) is 25.2 Å². The molecular weight excluding hydrogens is 298 g/mol. The van der Waals surface area contributed by atoms with Crippen LogP contribution in [0.4, 0.5) is 5.69 Å². The van der Waals surface area contributed by atoms with Gasteiger partial charge in [0.15, 0.2) is 0 Å². The molecule has 0 aliphatic rings. The molecule has 0 atom stereocenters. The van der Waals surface area contributed by atoms with Crippen molar-refractivity contribution < 1.29 is 4.79 Å². The highest BCUT2D eigenvalue weighted by atomic mass is 35.5. The molecule has 0 fully saturated rings. The molecule has 2 aromatic rings. The van der Waals surface area contributed by atoms with Crippen LogP contribution in [0.15, 0.2) is 42.6 Å². The molecule has 0 aliphatic heterocycles. The molecule has 0 spiro atoms. The Kier molecular flexibility index (Phi) is 5.90. The number of aryl methyl sites for hydroxylation is 1. The summed E-state index contributed by atoms with van der Waals surface area (Å²) in [5.41, 5.74) is 1.80. The second-order valence-corrected chi connectivity index (χ2v) is 5.62. The molecule has 0 saturated carbocycles. The number of amides is 1. The Balaban J connectivity index is 1.79. The summed E-state index contributed by atoms with van der Waals surface area (Å²) in [5.74, 6) is -0.0860. The van der Waals surface area contributed by atoms with Crippen molar-refractivity contribution >= 4 is 23.2 Å². The van der Waals surface area contributed by atoms with Gasteiger partial charge < -0.3 is 14.8 Å². The molecule has 0 bridgehead atoms. The normalized spacial score (nSPS) is 10.5. The smallest absolute Gasteiger partial charge is 0.267 e. The van der Waals surface area contributed by atoms with Crippen molar-refractivity contribution in [3.8, 4) is 0 Å². The maximum atomic E-state index is 12.1. The fourth-order valence-electron chi connectivity index (χ4n) is 2.42. The van der Waals surface area contributed by atoms with Gasteiger partial charge in [-0.05, 0) is 31.5 Å². The van der Waals surface area contributed by atoms with Crippen LogP contribution in [-0.2, 0) is 7.05 Å². The van der Waals surface area contributed by atoms with E-state index in [4.69, 9.17) is 11.6 Å². The second-order valence-electron chi connectivity index (χ2n) is 5.18. The SMILES string of the molecule is CCN(CCCNC(=O)c1cc(Cl)cn1C)c1ccccc1. The summed E-state index contributed by atoms with van der Waals surface area (Å²) < 4.78 is 1.74. The lowest BCUT2D eigenvalue weighted by atomic mass is 10.2. The number of nitrogens with zero attached hydrogens (tertiary/aromatic N) is 2. The Bertz CT molecular complexity index is 610. The van der Waals surface area contributed by atoms with E-state index in [9.17, 15) is 4.79 Å². The molecule has 118 valence electrons. The zero-order valence-electron chi connectivity index (χ0n) is 13.1. The predicted molar refractivity (Wildman–Crippen MR) is 91.7 cm³/mol. The van der Waals surface area contributed by atoms with E-state index in [1.54, 1.807) is 16.8 Å². The van der Waals surface area contributed by atoms with Crippen LogP contribution in [0.25, 0.3) is 0 Å². The highest BCUT2D eigenvalue weighted by Gasteiger charge is 2.10. The molecule has 0 radical (unpaired) electrons. The molecule has 5 heteroatoms. The lowest BCUT2D eigenvalue weighted by Gasteiger charge is -2.23. The summed E-state index contributed by atoms with van der Waals surface area (Å²) in [6, 6.07) is 12.0. The summed E-state index contributed by atoms with van der Waals surface area (Å²) in [5, 5.41) is 3.52. The number of halogens is 1. The Hall–Kier alpha value is -1.94. The van der Waals surface area contributed by atoms with E-state index < -0.39 is 0 Å². The Labute approximate surface area is 136 Å². The van der Waals surface area contributed by atoms with Crippen molar-refractivity contribution in [3.05, 3.63) is 53.3 Å². The van der Waals surface area contributed by atoms with Crippen LogP contribution in [0.2, 0.25) is 5.02 Å². The minimum atomic E-state index is -0.0860. The monoisotopic (exact) mass is 319 g/mol. The molecule has 2 rings (SSSR count). The average Bonchev–Trinajstić information content (AvgIpc) is 2.87. The third-order valence-electron chi connectivity index (χ3n) is 3.60. The van der Waals surface area contributed by atoms with Crippen LogP contribution in [0.3, 0.4) is 0 Å². The Morgan fingerprint density at radius 1 is 1.32 bits per heavy atom.